The van der Waals surface area contributed by atoms with E-state index < -0.39 is 0 Å². The minimum Gasteiger partial charge on any atom is -0.468 e. The number of likely N-dealkylation sites (tertiary alicyclic amines) is 1. The fraction of sp³-hybridized carbons (Fsp3) is 0.391. The summed E-state index contributed by atoms with van der Waals surface area (Å²) in [7, 11) is 1.80. The van der Waals surface area contributed by atoms with E-state index in [0.717, 1.165) is 43.7 Å². The number of furan rings is 1. The van der Waals surface area contributed by atoms with Gasteiger partial charge in [0.15, 0.2) is 5.96 Å². The number of hydrogen-bond donors (Lipinski definition) is 2. The maximum Gasteiger partial charge on any atom is 0.191 e. The lowest BCUT2D eigenvalue weighted by atomic mass is 10.2. The van der Waals surface area contributed by atoms with E-state index in [0.29, 0.717) is 6.54 Å². The molecule has 0 bridgehead atoms. The fourth-order valence-electron chi connectivity index (χ4n) is 3.95. The van der Waals surface area contributed by atoms with Crippen molar-refractivity contribution in [3.05, 3.63) is 78.3 Å². The van der Waals surface area contributed by atoms with Gasteiger partial charge in [0.05, 0.1) is 18.8 Å². The molecule has 0 aliphatic carbocycles. The van der Waals surface area contributed by atoms with Gasteiger partial charge in [0.1, 0.15) is 11.6 Å². The van der Waals surface area contributed by atoms with Gasteiger partial charge in [0.2, 0.25) is 0 Å². The van der Waals surface area contributed by atoms with E-state index in [1.165, 1.54) is 18.4 Å². The maximum atomic E-state index is 5.71. The summed E-state index contributed by atoms with van der Waals surface area (Å²) in [5, 5.41) is 6.86. The molecule has 30 heavy (non-hydrogen) atoms. The van der Waals surface area contributed by atoms with E-state index in [1.54, 1.807) is 13.3 Å². The third-order valence-corrected chi connectivity index (χ3v) is 5.55. The van der Waals surface area contributed by atoms with Gasteiger partial charge in [-0.05, 0) is 43.6 Å². The van der Waals surface area contributed by atoms with Gasteiger partial charge in [0.25, 0.3) is 0 Å². The number of benzene rings is 1. The van der Waals surface area contributed by atoms with Crippen LogP contribution < -0.4 is 10.6 Å². The highest BCUT2D eigenvalue weighted by molar-refractivity contribution is 5.79. The monoisotopic (exact) mass is 406 g/mol. The van der Waals surface area contributed by atoms with Crippen LogP contribution in [0.25, 0.3) is 0 Å². The van der Waals surface area contributed by atoms with E-state index in [9.17, 15) is 0 Å². The zero-order valence-corrected chi connectivity index (χ0v) is 17.5. The van der Waals surface area contributed by atoms with Crippen molar-refractivity contribution >= 4 is 5.96 Å². The van der Waals surface area contributed by atoms with E-state index in [-0.39, 0.29) is 6.04 Å². The smallest absolute Gasteiger partial charge is 0.191 e. The van der Waals surface area contributed by atoms with Crippen LogP contribution in [-0.4, -0.2) is 47.1 Å². The van der Waals surface area contributed by atoms with Gasteiger partial charge in [0, 0.05) is 32.5 Å². The van der Waals surface area contributed by atoms with Gasteiger partial charge >= 0.3 is 0 Å². The first kappa shape index (κ1) is 20.2. The molecule has 4 rings (SSSR count). The molecule has 7 nitrogen and oxygen atoms in total. The summed E-state index contributed by atoms with van der Waals surface area (Å²) in [5.74, 6) is 2.74. The summed E-state index contributed by atoms with van der Waals surface area (Å²) in [6.45, 7) is 4.37. The first-order valence-corrected chi connectivity index (χ1v) is 10.6. The molecule has 1 aromatic carbocycles. The molecule has 2 N–H and O–H groups in total. The highest BCUT2D eigenvalue weighted by Gasteiger charge is 2.25. The largest absolute Gasteiger partial charge is 0.468 e. The molecular formula is C23H30N6O. The Morgan fingerprint density at radius 3 is 2.70 bits per heavy atom. The minimum absolute atomic E-state index is 0.209. The molecule has 158 valence electrons. The highest BCUT2D eigenvalue weighted by Crippen LogP contribution is 2.24. The molecule has 1 unspecified atom stereocenters. The van der Waals surface area contributed by atoms with Crippen molar-refractivity contribution in [2.45, 2.75) is 32.0 Å². The number of nitrogens with zero attached hydrogens (tertiary/aromatic N) is 4. The SMILES string of the molecule is CN=C(NCc1nccn1Cc1ccccc1)NCC(c1ccco1)N1CCCC1. The van der Waals surface area contributed by atoms with Crippen molar-refractivity contribution in [3.8, 4) is 0 Å². The Labute approximate surface area is 177 Å². The number of guanidine groups is 1. The summed E-state index contributed by atoms with van der Waals surface area (Å²) >= 11 is 0. The topological polar surface area (TPSA) is 70.6 Å². The average molecular weight is 407 g/mol. The van der Waals surface area contributed by atoms with E-state index in [2.05, 4.69) is 60.4 Å². The van der Waals surface area contributed by atoms with Crippen molar-refractivity contribution < 1.29 is 4.42 Å². The molecule has 0 saturated carbocycles. The Hall–Kier alpha value is -3.06. The summed E-state index contributed by atoms with van der Waals surface area (Å²) in [6.07, 6.45) is 8.09. The van der Waals surface area contributed by atoms with Crippen LogP contribution in [0.4, 0.5) is 0 Å². The zero-order chi connectivity index (χ0) is 20.6. The first-order valence-electron chi connectivity index (χ1n) is 10.6. The molecule has 1 aliphatic rings. The van der Waals surface area contributed by atoms with Crippen molar-refractivity contribution in [2.75, 3.05) is 26.7 Å². The average Bonchev–Trinajstić information content (AvgIpc) is 3.55. The van der Waals surface area contributed by atoms with E-state index in [4.69, 9.17) is 4.42 Å². The predicted octanol–water partition coefficient (Wildman–Crippen LogP) is 3.03. The minimum atomic E-state index is 0.209. The molecule has 7 heteroatoms. The molecule has 0 amide bonds. The number of aromatic nitrogens is 2. The number of imidazole rings is 1. The van der Waals surface area contributed by atoms with Crippen LogP contribution in [-0.2, 0) is 13.1 Å². The van der Waals surface area contributed by atoms with Crippen molar-refractivity contribution in [2.24, 2.45) is 4.99 Å². The molecule has 1 atom stereocenters. The third kappa shape index (κ3) is 5.10. The van der Waals surface area contributed by atoms with Crippen LogP contribution >= 0.6 is 0 Å². The summed E-state index contributed by atoms with van der Waals surface area (Å²) in [5.41, 5.74) is 1.26. The van der Waals surface area contributed by atoms with Crippen molar-refractivity contribution in [3.63, 3.8) is 0 Å². The van der Waals surface area contributed by atoms with Gasteiger partial charge in [-0.25, -0.2) is 4.98 Å². The molecule has 3 heterocycles. The lowest BCUT2D eigenvalue weighted by Crippen LogP contribution is -2.42. The molecule has 1 aliphatic heterocycles. The third-order valence-electron chi connectivity index (χ3n) is 5.55. The van der Waals surface area contributed by atoms with Gasteiger partial charge in [-0.3, -0.25) is 9.89 Å². The number of rotatable bonds is 8. The van der Waals surface area contributed by atoms with Crippen LogP contribution in [0.1, 0.15) is 36.0 Å². The van der Waals surface area contributed by atoms with E-state index in [1.807, 2.05) is 24.5 Å². The Balaban J connectivity index is 1.34. The fourth-order valence-corrected chi connectivity index (χ4v) is 3.95. The molecule has 3 aromatic rings. The predicted molar refractivity (Wildman–Crippen MR) is 118 cm³/mol. The second-order valence-electron chi connectivity index (χ2n) is 7.54. The Morgan fingerprint density at radius 1 is 1.13 bits per heavy atom. The Morgan fingerprint density at radius 2 is 1.97 bits per heavy atom. The van der Waals surface area contributed by atoms with Gasteiger partial charge < -0.3 is 19.6 Å². The van der Waals surface area contributed by atoms with Crippen LogP contribution in [0.3, 0.4) is 0 Å². The number of nitrogens with one attached hydrogen (secondary N) is 2. The summed E-state index contributed by atoms with van der Waals surface area (Å²) < 4.78 is 7.87. The number of aliphatic imine (C=N–C) groups is 1. The van der Waals surface area contributed by atoms with Crippen LogP contribution in [0.5, 0.6) is 0 Å². The van der Waals surface area contributed by atoms with Gasteiger partial charge in [-0.15, -0.1) is 0 Å². The molecule has 0 spiro atoms. The zero-order valence-electron chi connectivity index (χ0n) is 17.5. The molecule has 2 aromatic heterocycles. The molecular weight excluding hydrogens is 376 g/mol. The van der Waals surface area contributed by atoms with E-state index >= 15 is 0 Å². The lowest BCUT2D eigenvalue weighted by Gasteiger charge is -2.26. The second kappa shape index (κ2) is 10.1. The molecule has 1 saturated heterocycles. The lowest BCUT2D eigenvalue weighted by molar-refractivity contribution is 0.215. The normalized spacial score (nSPS) is 16.0. The van der Waals surface area contributed by atoms with Crippen LogP contribution in [0.2, 0.25) is 0 Å². The van der Waals surface area contributed by atoms with Crippen molar-refractivity contribution in [1.29, 1.82) is 0 Å². The maximum absolute atomic E-state index is 5.71. The van der Waals surface area contributed by atoms with Crippen molar-refractivity contribution in [1.82, 2.24) is 25.1 Å². The second-order valence-corrected chi connectivity index (χ2v) is 7.54. The highest BCUT2D eigenvalue weighted by atomic mass is 16.3. The summed E-state index contributed by atoms with van der Waals surface area (Å²) in [4.78, 5) is 11.4. The standard InChI is InChI=1S/C23H30N6O/c1-24-23(26-16-20(21-10-7-15-30-21)28-12-5-6-13-28)27-17-22-25-11-14-29(22)18-19-8-3-2-4-9-19/h2-4,7-11,14-15,20H,5-6,12-13,16-18H2,1H3,(H2,24,26,27). The van der Waals surface area contributed by atoms with Gasteiger partial charge in [-0.2, -0.15) is 0 Å². The van der Waals surface area contributed by atoms with Gasteiger partial charge in [-0.1, -0.05) is 30.3 Å². The Kier molecular flexibility index (Phi) is 6.82. The number of hydrogen-bond acceptors (Lipinski definition) is 4. The first-order chi connectivity index (χ1) is 14.8. The quantitative estimate of drug-likeness (QED) is 0.445. The van der Waals surface area contributed by atoms with Crippen LogP contribution in [0, 0.1) is 0 Å². The Bertz CT molecular complexity index is 912. The summed E-state index contributed by atoms with van der Waals surface area (Å²) in [6, 6.07) is 14.6. The molecule has 1 fully saturated rings. The molecule has 0 radical (unpaired) electrons. The van der Waals surface area contributed by atoms with Crippen LogP contribution in [0.15, 0.2) is 70.5 Å².